The lowest BCUT2D eigenvalue weighted by Crippen LogP contribution is -2.48. The number of nitrogens with zero attached hydrogens (tertiary/aromatic N) is 3. The fourth-order valence-electron chi connectivity index (χ4n) is 3.62. The molecule has 3 rings (SSSR count). The maximum atomic E-state index is 6.25. The van der Waals surface area contributed by atoms with E-state index in [2.05, 4.69) is 35.3 Å². The summed E-state index contributed by atoms with van der Waals surface area (Å²) in [5.41, 5.74) is 8.69. The zero-order valence-corrected chi connectivity index (χ0v) is 11.7. The van der Waals surface area contributed by atoms with Crippen LogP contribution < -0.4 is 5.73 Å². The highest BCUT2D eigenvalue weighted by molar-refractivity contribution is 5.13. The summed E-state index contributed by atoms with van der Waals surface area (Å²) in [5, 5.41) is 0. The van der Waals surface area contributed by atoms with E-state index < -0.39 is 0 Å². The molecule has 2 heterocycles. The quantitative estimate of drug-likeness (QED) is 0.855. The molecule has 1 unspecified atom stereocenters. The molecule has 2 bridgehead atoms. The number of hydrogen-bond acceptors (Lipinski definition) is 3. The molecule has 1 aliphatic heterocycles. The largest absolute Gasteiger partial charge is 0.334 e. The zero-order chi connectivity index (χ0) is 12.9. The molecule has 1 aromatic rings. The van der Waals surface area contributed by atoms with Gasteiger partial charge in [0.2, 0.25) is 0 Å². The average Bonchev–Trinajstić information content (AvgIpc) is 2.71. The highest BCUT2D eigenvalue weighted by Gasteiger charge is 2.39. The van der Waals surface area contributed by atoms with Gasteiger partial charge in [0.1, 0.15) is 5.82 Å². The van der Waals surface area contributed by atoms with Crippen molar-refractivity contribution in [2.24, 2.45) is 24.6 Å². The number of hydrogen-bond donors (Lipinski definition) is 1. The summed E-state index contributed by atoms with van der Waals surface area (Å²) in [7, 11) is 2.12. The molecule has 1 aliphatic carbocycles. The number of likely N-dealkylation sites (tertiary alicyclic amines) is 1. The van der Waals surface area contributed by atoms with Crippen LogP contribution in [0.3, 0.4) is 0 Å². The number of nitrogens with two attached hydrogens (primary N) is 1. The van der Waals surface area contributed by atoms with Gasteiger partial charge in [-0.25, -0.2) is 4.98 Å². The molecule has 4 nitrogen and oxygen atoms in total. The minimum Gasteiger partial charge on any atom is -0.334 e. The molecule has 1 saturated carbocycles. The number of aromatic nitrogens is 2. The minimum atomic E-state index is 0.450. The molecule has 1 aromatic heterocycles. The van der Waals surface area contributed by atoms with Gasteiger partial charge in [0.25, 0.3) is 0 Å². The molecule has 0 radical (unpaired) electrons. The van der Waals surface area contributed by atoms with Crippen LogP contribution in [0.4, 0.5) is 0 Å². The molecular weight excluding hydrogens is 224 g/mol. The standard InChI is InChI=1S/C14H24N4/c1-9-10(2)17(3)13(16-9)8-18-6-11-4-5-12(7-18)14(11)15/h11-12,14H,4-8,15H2,1-3H3/t11-,12+,14?. The van der Waals surface area contributed by atoms with Gasteiger partial charge < -0.3 is 10.3 Å². The van der Waals surface area contributed by atoms with Crippen molar-refractivity contribution in [2.75, 3.05) is 13.1 Å². The Hall–Kier alpha value is -0.870. The van der Waals surface area contributed by atoms with Gasteiger partial charge in [-0.1, -0.05) is 0 Å². The summed E-state index contributed by atoms with van der Waals surface area (Å²) in [6.07, 6.45) is 2.64. The number of aryl methyl sites for hydroxylation is 1. The molecule has 0 spiro atoms. The third kappa shape index (κ3) is 1.88. The lowest BCUT2D eigenvalue weighted by molar-refractivity contribution is 0.136. The first kappa shape index (κ1) is 12.2. The number of imidazole rings is 1. The summed E-state index contributed by atoms with van der Waals surface area (Å²) in [6.45, 7) is 7.52. The van der Waals surface area contributed by atoms with Crippen LogP contribution in [0.1, 0.15) is 30.1 Å². The first-order valence-corrected chi connectivity index (χ1v) is 7.03. The Morgan fingerprint density at radius 1 is 1.22 bits per heavy atom. The summed E-state index contributed by atoms with van der Waals surface area (Å²) in [5.74, 6) is 2.62. The van der Waals surface area contributed by atoms with Crippen LogP contribution in [0.25, 0.3) is 0 Å². The van der Waals surface area contributed by atoms with Crippen molar-refractivity contribution >= 4 is 0 Å². The summed E-state index contributed by atoms with van der Waals surface area (Å²) < 4.78 is 2.23. The molecule has 0 amide bonds. The second-order valence-electron chi connectivity index (χ2n) is 6.13. The second-order valence-corrected chi connectivity index (χ2v) is 6.13. The van der Waals surface area contributed by atoms with Crippen LogP contribution in [-0.4, -0.2) is 33.6 Å². The fraction of sp³-hybridized carbons (Fsp3) is 0.786. The highest BCUT2D eigenvalue weighted by atomic mass is 15.2. The smallest absolute Gasteiger partial charge is 0.123 e. The molecule has 3 atom stereocenters. The normalized spacial score (nSPS) is 32.1. The van der Waals surface area contributed by atoms with Crippen LogP contribution in [-0.2, 0) is 13.6 Å². The Balaban J connectivity index is 1.72. The Morgan fingerprint density at radius 3 is 2.33 bits per heavy atom. The SMILES string of the molecule is Cc1nc(CN2C[C@H]3CC[C@@H](C2)C3N)n(C)c1C. The van der Waals surface area contributed by atoms with Gasteiger partial charge in [0, 0.05) is 31.9 Å². The van der Waals surface area contributed by atoms with E-state index in [0.717, 1.165) is 25.3 Å². The Labute approximate surface area is 109 Å². The molecule has 0 aromatic carbocycles. The maximum Gasteiger partial charge on any atom is 0.123 e. The van der Waals surface area contributed by atoms with Crippen molar-refractivity contribution in [1.82, 2.24) is 14.5 Å². The van der Waals surface area contributed by atoms with Gasteiger partial charge >= 0.3 is 0 Å². The third-order valence-electron chi connectivity index (χ3n) is 5.06. The van der Waals surface area contributed by atoms with Crippen molar-refractivity contribution in [1.29, 1.82) is 0 Å². The number of piperidine rings is 1. The van der Waals surface area contributed by atoms with Crippen molar-refractivity contribution in [3.8, 4) is 0 Å². The Kier molecular flexibility index (Phi) is 2.94. The van der Waals surface area contributed by atoms with Gasteiger partial charge in [-0.3, -0.25) is 4.90 Å². The van der Waals surface area contributed by atoms with Crippen LogP contribution in [0, 0.1) is 25.7 Å². The van der Waals surface area contributed by atoms with Crippen LogP contribution in [0.2, 0.25) is 0 Å². The lowest BCUT2D eigenvalue weighted by atomic mass is 9.93. The predicted octanol–water partition coefficient (Wildman–Crippen LogP) is 1.21. The minimum absolute atomic E-state index is 0.450. The van der Waals surface area contributed by atoms with E-state index in [1.165, 1.54) is 24.4 Å². The molecule has 4 heteroatoms. The summed E-state index contributed by atoms with van der Waals surface area (Å²) in [6, 6.07) is 0.450. The molecule has 2 N–H and O–H groups in total. The maximum absolute atomic E-state index is 6.25. The highest BCUT2D eigenvalue weighted by Crippen LogP contribution is 2.35. The molecule has 1 saturated heterocycles. The molecular formula is C14H24N4. The first-order chi connectivity index (χ1) is 8.56. The van der Waals surface area contributed by atoms with E-state index in [9.17, 15) is 0 Å². The Bertz CT molecular complexity index is 437. The molecule has 100 valence electrons. The van der Waals surface area contributed by atoms with E-state index in [1.54, 1.807) is 0 Å². The van der Waals surface area contributed by atoms with E-state index in [1.807, 2.05) is 0 Å². The number of rotatable bonds is 2. The van der Waals surface area contributed by atoms with Crippen molar-refractivity contribution in [2.45, 2.75) is 39.3 Å². The van der Waals surface area contributed by atoms with Crippen molar-refractivity contribution < 1.29 is 0 Å². The van der Waals surface area contributed by atoms with Crippen molar-refractivity contribution in [3.05, 3.63) is 17.2 Å². The van der Waals surface area contributed by atoms with Crippen molar-refractivity contribution in [3.63, 3.8) is 0 Å². The van der Waals surface area contributed by atoms with Gasteiger partial charge in [0.15, 0.2) is 0 Å². The van der Waals surface area contributed by atoms with Gasteiger partial charge in [-0.2, -0.15) is 0 Å². The number of fused-ring (bicyclic) bond motifs is 2. The van der Waals surface area contributed by atoms with Gasteiger partial charge in [0.05, 0.1) is 12.2 Å². The topological polar surface area (TPSA) is 47.1 Å². The predicted molar refractivity (Wildman–Crippen MR) is 72.1 cm³/mol. The molecule has 18 heavy (non-hydrogen) atoms. The monoisotopic (exact) mass is 248 g/mol. The van der Waals surface area contributed by atoms with Crippen LogP contribution >= 0.6 is 0 Å². The fourth-order valence-corrected chi connectivity index (χ4v) is 3.62. The Morgan fingerprint density at radius 2 is 1.83 bits per heavy atom. The molecule has 2 fully saturated rings. The van der Waals surface area contributed by atoms with Gasteiger partial charge in [-0.15, -0.1) is 0 Å². The zero-order valence-electron chi connectivity index (χ0n) is 11.7. The summed E-state index contributed by atoms with van der Waals surface area (Å²) in [4.78, 5) is 7.23. The van der Waals surface area contributed by atoms with Crippen LogP contribution in [0.15, 0.2) is 0 Å². The summed E-state index contributed by atoms with van der Waals surface area (Å²) >= 11 is 0. The van der Waals surface area contributed by atoms with E-state index in [-0.39, 0.29) is 0 Å². The first-order valence-electron chi connectivity index (χ1n) is 7.03. The second kappa shape index (κ2) is 4.35. The average molecular weight is 248 g/mol. The van der Waals surface area contributed by atoms with Crippen LogP contribution in [0.5, 0.6) is 0 Å². The van der Waals surface area contributed by atoms with Gasteiger partial charge in [-0.05, 0) is 38.5 Å². The third-order valence-corrected chi connectivity index (χ3v) is 5.06. The van der Waals surface area contributed by atoms with E-state index in [4.69, 9.17) is 5.73 Å². The molecule has 2 aliphatic rings. The van der Waals surface area contributed by atoms with E-state index >= 15 is 0 Å². The van der Waals surface area contributed by atoms with E-state index in [0.29, 0.717) is 17.9 Å². The lowest BCUT2D eigenvalue weighted by Gasteiger charge is -2.35.